The lowest BCUT2D eigenvalue weighted by molar-refractivity contribution is -0.138. The van der Waals surface area contributed by atoms with Crippen LogP contribution in [0.5, 0.6) is 0 Å². The molecule has 1 atom stereocenters. The average Bonchev–Trinajstić information content (AvgIpc) is 2.59. The zero-order valence-electron chi connectivity index (χ0n) is 9.03. The number of aliphatic carboxylic acids is 1. The van der Waals surface area contributed by atoms with Crippen LogP contribution in [0.2, 0.25) is 0 Å². The van der Waals surface area contributed by atoms with Gasteiger partial charge >= 0.3 is 5.97 Å². The Morgan fingerprint density at radius 3 is 2.80 bits per heavy atom. The lowest BCUT2D eigenvalue weighted by Gasteiger charge is -2.15. The van der Waals surface area contributed by atoms with Crippen LogP contribution in [0, 0.1) is 0 Å². The second-order valence-electron chi connectivity index (χ2n) is 4.21. The SMILES string of the molecule is CN(C)c1ccc2c(c1)C(C(=O)O)CC2. The van der Waals surface area contributed by atoms with Gasteiger partial charge in [-0.3, -0.25) is 4.79 Å². The first-order valence-corrected chi connectivity index (χ1v) is 5.12. The Morgan fingerprint density at radius 1 is 1.47 bits per heavy atom. The first-order chi connectivity index (χ1) is 7.09. The molecule has 3 nitrogen and oxygen atoms in total. The van der Waals surface area contributed by atoms with Gasteiger partial charge in [-0.05, 0) is 36.1 Å². The Bertz CT molecular complexity index is 399. The van der Waals surface area contributed by atoms with Gasteiger partial charge in [0.2, 0.25) is 0 Å². The molecule has 1 aromatic rings. The molecule has 1 N–H and O–H groups in total. The number of carboxylic acid groups (broad SMARTS) is 1. The number of carboxylic acids is 1. The highest BCUT2D eigenvalue weighted by molar-refractivity contribution is 5.78. The highest BCUT2D eigenvalue weighted by Crippen LogP contribution is 2.35. The Morgan fingerprint density at radius 2 is 2.20 bits per heavy atom. The molecule has 1 unspecified atom stereocenters. The third-order valence-electron chi connectivity index (χ3n) is 3.02. The van der Waals surface area contributed by atoms with Crippen molar-refractivity contribution >= 4 is 11.7 Å². The Hall–Kier alpha value is -1.51. The fraction of sp³-hybridized carbons (Fsp3) is 0.417. The van der Waals surface area contributed by atoms with Crippen molar-refractivity contribution < 1.29 is 9.90 Å². The molecule has 0 amide bonds. The minimum atomic E-state index is -0.704. The molecule has 1 aliphatic carbocycles. The number of aryl methyl sites for hydroxylation is 1. The molecule has 1 aliphatic rings. The highest BCUT2D eigenvalue weighted by Gasteiger charge is 2.28. The number of rotatable bonds is 2. The minimum absolute atomic E-state index is 0.306. The van der Waals surface area contributed by atoms with Crippen LogP contribution in [0.3, 0.4) is 0 Å². The summed E-state index contributed by atoms with van der Waals surface area (Å²) in [7, 11) is 3.93. The van der Waals surface area contributed by atoms with Crippen LogP contribution in [0.15, 0.2) is 18.2 Å². The molecule has 15 heavy (non-hydrogen) atoms. The minimum Gasteiger partial charge on any atom is -0.481 e. The highest BCUT2D eigenvalue weighted by atomic mass is 16.4. The number of fused-ring (bicyclic) bond motifs is 1. The summed E-state index contributed by atoms with van der Waals surface area (Å²) < 4.78 is 0. The van der Waals surface area contributed by atoms with Gasteiger partial charge in [-0.15, -0.1) is 0 Å². The molecule has 0 saturated carbocycles. The van der Waals surface area contributed by atoms with Crippen LogP contribution >= 0.6 is 0 Å². The molecule has 0 heterocycles. The van der Waals surface area contributed by atoms with Crippen LogP contribution in [0.25, 0.3) is 0 Å². The largest absolute Gasteiger partial charge is 0.481 e. The first kappa shape index (κ1) is 10.0. The van der Waals surface area contributed by atoms with E-state index in [1.165, 1.54) is 5.56 Å². The van der Waals surface area contributed by atoms with E-state index >= 15 is 0 Å². The van der Waals surface area contributed by atoms with E-state index in [1.807, 2.05) is 37.2 Å². The number of benzene rings is 1. The van der Waals surface area contributed by atoms with Gasteiger partial charge in [-0.25, -0.2) is 0 Å². The number of hydrogen-bond donors (Lipinski definition) is 1. The molecule has 0 aliphatic heterocycles. The maximum absolute atomic E-state index is 11.0. The van der Waals surface area contributed by atoms with E-state index in [4.69, 9.17) is 5.11 Å². The summed E-state index contributed by atoms with van der Waals surface area (Å²) in [5.74, 6) is -1.01. The molecule has 0 bridgehead atoms. The van der Waals surface area contributed by atoms with Crippen molar-refractivity contribution in [2.24, 2.45) is 0 Å². The van der Waals surface area contributed by atoms with Crippen molar-refractivity contribution in [2.75, 3.05) is 19.0 Å². The van der Waals surface area contributed by atoms with E-state index < -0.39 is 5.97 Å². The monoisotopic (exact) mass is 205 g/mol. The molecular weight excluding hydrogens is 190 g/mol. The van der Waals surface area contributed by atoms with Gasteiger partial charge in [0.25, 0.3) is 0 Å². The molecule has 3 heteroatoms. The van der Waals surface area contributed by atoms with Crippen molar-refractivity contribution in [3.8, 4) is 0 Å². The maximum atomic E-state index is 11.0. The quantitative estimate of drug-likeness (QED) is 0.801. The number of anilines is 1. The van der Waals surface area contributed by atoms with Gasteiger partial charge < -0.3 is 10.0 Å². The van der Waals surface area contributed by atoms with Gasteiger partial charge in [0.15, 0.2) is 0 Å². The lowest BCUT2D eigenvalue weighted by Crippen LogP contribution is -2.11. The van der Waals surface area contributed by atoms with Gasteiger partial charge in [0.1, 0.15) is 0 Å². The van der Waals surface area contributed by atoms with E-state index in [1.54, 1.807) is 0 Å². The maximum Gasteiger partial charge on any atom is 0.310 e. The summed E-state index contributed by atoms with van der Waals surface area (Å²) in [6.07, 6.45) is 1.63. The summed E-state index contributed by atoms with van der Waals surface area (Å²) >= 11 is 0. The number of carbonyl (C=O) groups is 1. The van der Waals surface area contributed by atoms with Gasteiger partial charge in [-0.1, -0.05) is 6.07 Å². The number of hydrogen-bond acceptors (Lipinski definition) is 2. The van der Waals surface area contributed by atoms with E-state index in [9.17, 15) is 4.79 Å². The van der Waals surface area contributed by atoms with Crippen molar-refractivity contribution in [1.82, 2.24) is 0 Å². The summed E-state index contributed by atoms with van der Waals surface area (Å²) in [6.45, 7) is 0. The average molecular weight is 205 g/mol. The Balaban J connectivity index is 2.42. The molecule has 0 saturated heterocycles. The van der Waals surface area contributed by atoms with E-state index in [0.717, 1.165) is 24.1 Å². The first-order valence-electron chi connectivity index (χ1n) is 5.12. The molecule has 0 spiro atoms. The predicted molar refractivity (Wildman–Crippen MR) is 59.5 cm³/mol. The summed E-state index contributed by atoms with van der Waals surface area (Å²) in [4.78, 5) is 13.0. The van der Waals surface area contributed by atoms with Crippen molar-refractivity contribution in [2.45, 2.75) is 18.8 Å². The van der Waals surface area contributed by atoms with Crippen molar-refractivity contribution in [3.05, 3.63) is 29.3 Å². The molecular formula is C12H15NO2. The standard InChI is InChI=1S/C12H15NO2/c1-13(2)9-5-3-8-4-6-10(12(14)15)11(8)7-9/h3,5,7,10H,4,6H2,1-2H3,(H,14,15). The predicted octanol–water partition coefficient (Wildman–Crippen LogP) is 1.87. The van der Waals surface area contributed by atoms with Crippen LogP contribution in [-0.4, -0.2) is 25.2 Å². The van der Waals surface area contributed by atoms with Crippen LogP contribution in [-0.2, 0) is 11.2 Å². The van der Waals surface area contributed by atoms with Crippen LogP contribution in [0.1, 0.15) is 23.5 Å². The van der Waals surface area contributed by atoms with E-state index in [0.29, 0.717) is 0 Å². The van der Waals surface area contributed by atoms with Crippen LogP contribution < -0.4 is 4.90 Å². The van der Waals surface area contributed by atoms with Crippen LogP contribution in [0.4, 0.5) is 5.69 Å². The smallest absolute Gasteiger partial charge is 0.310 e. The molecule has 0 aromatic heterocycles. The third-order valence-corrected chi connectivity index (χ3v) is 3.02. The van der Waals surface area contributed by atoms with Gasteiger partial charge in [0, 0.05) is 19.8 Å². The molecule has 0 fully saturated rings. The fourth-order valence-corrected chi connectivity index (χ4v) is 2.12. The third kappa shape index (κ3) is 1.69. The Kier molecular flexibility index (Phi) is 2.39. The van der Waals surface area contributed by atoms with Gasteiger partial charge in [-0.2, -0.15) is 0 Å². The molecule has 1 aromatic carbocycles. The summed E-state index contributed by atoms with van der Waals surface area (Å²) in [5, 5.41) is 9.08. The zero-order chi connectivity index (χ0) is 11.0. The fourth-order valence-electron chi connectivity index (χ4n) is 2.12. The van der Waals surface area contributed by atoms with E-state index in [-0.39, 0.29) is 5.92 Å². The Labute approximate surface area is 89.3 Å². The molecule has 2 rings (SSSR count). The lowest BCUT2D eigenvalue weighted by atomic mass is 10.0. The second-order valence-corrected chi connectivity index (χ2v) is 4.21. The zero-order valence-corrected chi connectivity index (χ0v) is 9.03. The topological polar surface area (TPSA) is 40.5 Å². The normalized spacial score (nSPS) is 18.7. The summed E-state index contributed by atoms with van der Waals surface area (Å²) in [6, 6.07) is 6.10. The number of nitrogens with zero attached hydrogens (tertiary/aromatic N) is 1. The van der Waals surface area contributed by atoms with Gasteiger partial charge in [0.05, 0.1) is 5.92 Å². The summed E-state index contributed by atoms with van der Waals surface area (Å²) in [5.41, 5.74) is 3.25. The van der Waals surface area contributed by atoms with Crippen molar-refractivity contribution in [3.63, 3.8) is 0 Å². The van der Waals surface area contributed by atoms with Crippen molar-refractivity contribution in [1.29, 1.82) is 0 Å². The van der Waals surface area contributed by atoms with E-state index in [2.05, 4.69) is 0 Å². The molecule has 80 valence electrons. The second kappa shape index (κ2) is 3.57. The molecule has 0 radical (unpaired) electrons.